The number of hydrogen-bond donors (Lipinski definition) is 0. The zero-order chi connectivity index (χ0) is 14.0. The van der Waals surface area contributed by atoms with E-state index >= 15 is 0 Å². The van der Waals surface area contributed by atoms with Gasteiger partial charge in [0, 0.05) is 22.9 Å². The second kappa shape index (κ2) is 5.36. The Morgan fingerprint density at radius 2 is 2.16 bits per heavy atom. The summed E-state index contributed by atoms with van der Waals surface area (Å²) in [5, 5.41) is 13.9. The second-order valence-corrected chi connectivity index (χ2v) is 5.30. The van der Waals surface area contributed by atoms with Gasteiger partial charge in [0.2, 0.25) is 0 Å². The van der Waals surface area contributed by atoms with Gasteiger partial charge < -0.3 is 4.74 Å². The van der Waals surface area contributed by atoms with Gasteiger partial charge in [0.05, 0.1) is 28.8 Å². The van der Waals surface area contributed by atoms with Crippen LogP contribution in [0.3, 0.4) is 0 Å². The molecule has 0 radical (unpaired) electrons. The highest BCUT2D eigenvalue weighted by Crippen LogP contribution is 2.30. The summed E-state index contributed by atoms with van der Waals surface area (Å²) in [6.45, 7) is 3.68. The molecule has 19 heavy (non-hydrogen) atoms. The number of benzene rings is 1. The van der Waals surface area contributed by atoms with Crippen LogP contribution in [-0.2, 0) is 6.42 Å². The first-order valence-corrected chi connectivity index (χ1v) is 6.62. The van der Waals surface area contributed by atoms with Crippen molar-refractivity contribution in [1.82, 2.24) is 4.98 Å². The molecule has 0 N–H and O–H groups in total. The van der Waals surface area contributed by atoms with Crippen LogP contribution in [0.25, 0.3) is 0 Å². The lowest BCUT2D eigenvalue weighted by Crippen LogP contribution is -1.99. The summed E-state index contributed by atoms with van der Waals surface area (Å²) in [6, 6.07) is 3.27. The second-order valence-electron chi connectivity index (χ2n) is 4.24. The van der Waals surface area contributed by atoms with Crippen molar-refractivity contribution in [2.45, 2.75) is 20.3 Å². The van der Waals surface area contributed by atoms with Crippen LogP contribution in [0.5, 0.6) is 5.75 Å². The lowest BCUT2D eigenvalue weighted by molar-refractivity contribution is -0.385. The summed E-state index contributed by atoms with van der Waals surface area (Å²) in [4.78, 5) is 14.9. The van der Waals surface area contributed by atoms with E-state index in [1.807, 2.05) is 12.3 Å². The van der Waals surface area contributed by atoms with E-state index < -0.39 is 4.92 Å². The number of nitro groups is 1. The van der Waals surface area contributed by atoms with Crippen molar-refractivity contribution in [1.29, 1.82) is 0 Å². The molecule has 1 aromatic carbocycles. The number of thiazole rings is 1. The Morgan fingerprint density at radius 1 is 1.42 bits per heavy atom. The molecule has 6 heteroatoms. The molecule has 0 aliphatic heterocycles. The first-order chi connectivity index (χ1) is 9.01. The van der Waals surface area contributed by atoms with E-state index in [0.717, 1.165) is 16.3 Å². The molecule has 0 aliphatic rings. The Balaban J connectivity index is 2.39. The molecule has 0 saturated carbocycles. The van der Waals surface area contributed by atoms with E-state index in [0.29, 0.717) is 17.7 Å². The lowest BCUT2D eigenvalue weighted by atomic mass is 10.0. The van der Waals surface area contributed by atoms with Crippen molar-refractivity contribution in [3.8, 4) is 5.75 Å². The largest absolute Gasteiger partial charge is 0.496 e. The molecule has 0 unspecified atom stereocenters. The minimum absolute atomic E-state index is 0.0788. The van der Waals surface area contributed by atoms with E-state index in [1.54, 1.807) is 24.3 Å². The molecule has 2 rings (SSSR count). The van der Waals surface area contributed by atoms with Crippen LogP contribution in [0.4, 0.5) is 5.69 Å². The van der Waals surface area contributed by atoms with Gasteiger partial charge in [-0.15, -0.1) is 11.3 Å². The molecule has 100 valence electrons. The highest BCUT2D eigenvalue weighted by atomic mass is 32.1. The Bertz CT molecular complexity index is 622. The number of nitro benzene ring substituents is 1. The maximum atomic E-state index is 10.9. The smallest absolute Gasteiger partial charge is 0.276 e. The number of nitrogens with zero attached hydrogens (tertiary/aromatic N) is 2. The predicted octanol–water partition coefficient (Wildman–Crippen LogP) is 3.27. The van der Waals surface area contributed by atoms with E-state index in [4.69, 9.17) is 4.74 Å². The third-order valence-corrected chi connectivity index (χ3v) is 3.66. The van der Waals surface area contributed by atoms with E-state index in [1.165, 1.54) is 13.2 Å². The summed E-state index contributed by atoms with van der Waals surface area (Å²) in [5.41, 5.74) is 2.58. The van der Waals surface area contributed by atoms with Crippen LogP contribution in [0.15, 0.2) is 17.5 Å². The van der Waals surface area contributed by atoms with Crippen LogP contribution in [0, 0.1) is 24.0 Å². The summed E-state index contributed by atoms with van der Waals surface area (Å²) in [5.74, 6) is 0.531. The maximum absolute atomic E-state index is 10.9. The average molecular weight is 278 g/mol. The Kier molecular flexibility index (Phi) is 3.80. The summed E-state index contributed by atoms with van der Waals surface area (Å²) < 4.78 is 5.24. The first-order valence-electron chi connectivity index (χ1n) is 5.74. The van der Waals surface area contributed by atoms with Crippen molar-refractivity contribution < 1.29 is 9.66 Å². The zero-order valence-electron chi connectivity index (χ0n) is 11.0. The maximum Gasteiger partial charge on any atom is 0.276 e. The summed E-state index contributed by atoms with van der Waals surface area (Å²) in [7, 11) is 1.52. The molecule has 1 aromatic heterocycles. The number of hydrogen-bond acceptors (Lipinski definition) is 5. The molecular weight excluding hydrogens is 264 g/mol. The molecular formula is C13H14N2O3S. The van der Waals surface area contributed by atoms with Crippen LogP contribution in [0.1, 0.15) is 21.8 Å². The van der Waals surface area contributed by atoms with Crippen molar-refractivity contribution in [3.05, 3.63) is 49.5 Å². The normalized spacial score (nSPS) is 10.5. The third kappa shape index (κ3) is 2.90. The number of ether oxygens (including phenoxy) is 1. The molecule has 5 nitrogen and oxygen atoms in total. The monoisotopic (exact) mass is 278 g/mol. The Labute approximate surface area is 115 Å². The van der Waals surface area contributed by atoms with E-state index in [2.05, 4.69) is 4.98 Å². The molecule has 0 atom stereocenters. The fourth-order valence-electron chi connectivity index (χ4n) is 1.95. The zero-order valence-corrected chi connectivity index (χ0v) is 11.8. The van der Waals surface area contributed by atoms with Gasteiger partial charge in [0.1, 0.15) is 5.75 Å². The SMILES string of the molecule is COc1cc([N+](=O)[O-])c(C)cc1Cc1csc(C)n1. The van der Waals surface area contributed by atoms with Crippen molar-refractivity contribution in [2.24, 2.45) is 0 Å². The number of rotatable bonds is 4. The Hall–Kier alpha value is -1.95. The average Bonchev–Trinajstić information content (AvgIpc) is 2.74. The fraction of sp³-hybridized carbons (Fsp3) is 0.308. The molecule has 0 saturated heterocycles. The highest BCUT2D eigenvalue weighted by molar-refractivity contribution is 7.09. The van der Waals surface area contributed by atoms with Crippen LogP contribution in [0.2, 0.25) is 0 Å². The van der Waals surface area contributed by atoms with E-state index in [-0.39, 0.29) is 5.69 Å². The molecule has 0 aliphatic carbocycles. The predicted molar refractivity (Wildman–Crippen MR) is 74.0 cm³/mol. The van der Waals surface area contributed by atoms with Crippen LogP contribution in [-0.4, -0.2) is 17.0 Å². The van der Waals surface area contributed by atoms with Gasteiger partial charge in [-0.1, -0.05) is 0 Å². The van der Waals surface area contributed by atoms with E-state index in [9.17, 15) is 10.1 Å². The van der Waals surface area contributed by atoms with Crippen molar-refractivity contribution in [2.75, 3.05) is 7.11 Å². The number of aromatic nitrogens is 1. The lowest BCUT2D eigenvalue weighted by Gasteiger charge is -2.09. The molecule has 0 spiro atoms. The third-order valence-electron chi connectivity index (χ3n) is 2.83. The Morgan fingerprint density at radius 3 is 2.68 bits per heavy atom. The molecule has 0 amide bonds. The highest BCUT2D eigenvalue weighted by Gasteiger charge is 2.16. The van der Waals surface area contributed by atoms with Gasteiger partial charge in [-0.25, -0.2) is 4.98 Å². The molecule has 0 fully saturated rings. The van der Waals surface area contributed by atoms with Gasteiger partial charge in [-0.2, -0.15) is 0 Å². The molecule has 2 aromatic rings. The van der Waals surface area contributed by atoms with Gasteiger partial charge in [0.25, 0.3) is 5.69 Å². The quantitative estimate of drug-likeness (QED) is 0.636. The minimum Gasteiger partial charge on any atom is -0.496 e. The summed E-state index contributed by atoms with van der Waals surface area (Å²) in [6.07, 6.45) is 0.617. The van der Waals surface area contributed by atoms with Crippen LogP contribution < -0.4 is 4.74 Å². The number of aryl methyl sites for hydroxylation is 2. The topological polar surface area (TPSA) is 65.3 Å². The molecule has 0 bridgehead atoms. The van der Waals surface area contributed by atoms with Gasteiger partial charge in [0.15, 0.2) is 0 Å². The first kappa shape index (κ1) is 13.5. The van der Waals surface area contributed by atoms with Crippen molar-refractivity contribution in [3.63, 3.8) is 0 Å². The van der Waals surface area contributed by atoms with Gasteiger partial charge >= 0.3 is 0 Å². The van der Waals surface area contributed by atoms with Gasteiger partial charge in [-0.3, -0.25) is 10.1 Å². The minimum atomic E-state index is -0.394. The number of methoxy groups -OCH3 is 1. The standard InChI is InChI=1S/C13H14N2O3S/c1-8-4-10(5-11-7-19-9(2)14-11)13(18-3)6-12(8)15(16)17/h4,6-7H,5H2,1-3H3. The van der Waals surface area contributed by atoms with Gasteiger partial charge in [-0.05, 0) is 19.9 Å². The summed E-state index contributed by atoms with van der Waals surface area (Å²) >= 11 is 1.59. The molecule has 1 heterocycles. The van der Waals surface area contributed by atoms with Crippen LogP contribution >= 0.6 is 11.3 Å². The fourth-order valence-corrected chi connectivity index (χ4v) is 2.56. The van der Waals surface area contributed by atoms with Crippen molar-refractivity contribution >= 4 is 17.0 Å².